The second-order valence-corrected chi connectivity index (χ2v) is 16.8. The van der Waals surface area contributed by atoms with Crippen LogP contribution in [0, 0.1) is 0 Å². The summed E-state index contributed by atoms with van der Waals surface area (Å²) in [5, 5.41) is 3.23. The molecule has 0 aliphatic rings. The lowest BCUT2D eigenvalue weighted by Crippen LogP contribution is -2.06. The highest BCUT2D eigenvalue weighted by Gasteiger charge is 2.19. The standard InChI is InChI=1S/C56H37N5OS.C3H6/c1-57-54(40-20-9-4-10-21-40)61-56(58-35-36-15-13-22-42(33-36)37-16-5-2-6-17-37)46-24-14-26-48-50(46)45-32-31-43(34-49(45)63-48)38-27-29-41(30-28-38)55-59-51(39-18-7-3-8-19-39)53-52(60-55)44-23-11-12-25-47(44)62-53;1-3-2/h2-34H,1,35H2;3H,1H2,2H3. The maximum Gasteiger partial charge on any atom is 0.180 e. The summed E-state index contributed by atoms with van der Waals surface area (Å²) < 4.78 is 8.66. The second-order valence-electron chi connectivity index (χ2n) is 15.7. The summed E-state index contributed by atoms with van der Waals surface area (Å²) in [4.78, 5) is 24.9. The SMILES string of the molecule is C=CC.C=NC(=NC(=NCc1cccc(-c2ccccc2)c1)c1cccc2sc3cc(-c4ccc(-c5nc(-c6ccccc6)c6oc7ccccc7c6n5)cc4)ccc3c12)c1ccccc1. The zero-order valence-electron chi connectivity index (χ0n) is 36.3. The predicted octanol–water partition coefficient (Wildman–Crippen LogP) is 15.7. The number of para-hydroxylation sites is 1. The highest BCUT2D eigenvalue weighted by Crippen LogP contribution is 2.40. The highest BCUT2D eigenvalue weighted by atomic mass is 32.1. The van der Waals surface area contributed by atoms with Gasteiger partial charge >= 0.3 is 0 Å². The van der Waals surface area contributed by atoms with Gasteiger partial charge < -0.3 is 4.42 Å². The summed E-state index contributed by atoms with van der Waals surface area (Å²) in [7, 11) is 0. The number of furan rings is 1. The molecule has 8 aromatic carbocycles. The molecule has 0 bridgehead atoms. The lowest BCUT2D eigenvalue weighted by atomic mass is 10.00. The molecular weight excluding hydrogens is 827 g/mol. The van der Waals surface area contributed by atoms with Gasteiger partial charge in [0, 0.05) is 47.8 Å². The fourth-order valence-corrected chi connectivity index (χ4v) is 9.39. The molecule has 3 aromatic heterocycles. The second kappa shape index (κ2) is 18.8. The number of hydrogen-bond acceptors (Lipinski definition) is 5. The number of allylic oxidation sites excluding steroid dienone is 1. The fraction of sp³-hybridized carbons (Fsp3) is 0.0339. The van der Waals surface area contributed by atoms with E-state index >= 15 is 0 Å². The van der Waals surface area contributed by atoms with Crippen LogP contribution in [-0.2, 0) is 6.54 Å². The minimum atomic E-state index is 0.447. The monoisotopic (exact) mass is 869 g/mol. The summed E-state index contributed by atoms with van der Waals surface area (Å²) >= 11 is 1.77. The van der Waals surface area contributed by atoms with Crippen LogP contribution in [0.3, 0.4) is 0 Å². The van der Waals surface area contributed by atoms with Crippen LogP contribution in [0.5, 0.6) is 0 Å². The van der Waals surface area contributed by atoms with Crippen LogP contribution < -0.4 is 0 Å². The zero-order chi connectivity index (χ0) is 44.8. The van der Waals surface area contributed by atoms with E-state index in [9.17, 15) is 0 Å². The summed E-state index contributed by atoms with van der Waals surface area (Å²) in [5.41, 5.74) is 12.4. The van der Waals surface area contributed by atoms with Crippen molar-refractivity contribution in [3.63, 3.8) is 0 Å². The fourth-order valence-electron chi connectivity index (χ4n) is 8.22. The smallest absolute Gasteiger partial charge is 0.180 e. The van der Waals surface area contributed by atoms with Crippen molar-refractivity contribution in [2.75, 3.05) is 0 Å². The normalized spacial score (nSPS) is 11.8. The molecule has 0 N–H and O–H groups in total. The average Bonchev–Trinajstić information content (AvgIpc) is 3.96. The predicted molar refractivity (Wildman–Crippen MR) is 279 cm³/mol. The molecule has 0 radical (unpaired) electrons. The van der Waals surface area contributed by atoms with Crippen LogP contribution in [0.2, 0.25) is 0 Å². The van der Waals surface area contributed by atoms with Gasteiger partial charge in [-0.15, -0.1) is 17.9 Å². The summed E-state index contributed by atoms with van der Waals surface area (Å²) in [6.45, 7) is 9.60. The molecule has 6 nitrogen and oxygen atoms in total. The van der Waals surface area contributed by atoms with Crippen molar-refractivity contribution in [2.45, 2.75) is 13.5 Å². The van der Waals surface area contributed by atoms with E-state index in [1.54, 1.807) is 17.4 Å². The zero-order valence-corrected chi connectivity index (χ0v) is 37.1. The van der Waals surface area contributed by atoms with Crippen molar-refractivity contribution < 1.29 is 4.42 Å². The summed E-state index contributed by atoms with van der Waals surface area (Å²) in [6.07, 6.45) is 1.75. The molecule has 0 fully saturated rings. The van der Waals surface area contributed by atoms with Crippen molar-refractivity contribution in [2.24, 2.45) is 15.0 Å². The van der Waals surface area contributed by atoms with E-state index in [0.717, 1.165) is 82.2 Å². The average molecular weight is 870 g/mol. The third kappa shape index (κ3) is 8.39. The molecule has 11 aromatic rings. The maximum absolute atomic E-state index is 6.33. The first-order valence-electron chi connectivity index (χ1n) is 21.8. The van der Waals surface area contributed by atoms with Crippen molar-refractivity contribution in [1.82, 2.24) is 9.97 Å². The van der Waals surface area contributed by atoms with Crippen LogP contribution in [0.1, 0.15) is 23.6 Å². The summed E-state index contributed by atoms with van der Waals surface area (Å²) in [5.74, 6) is 1.78. The van der Waals surface area contributed by atoms with Gasteiger partial charge in [-0.25, -0.2) is 20.0 Å². The van der Waals surface area contributed by atoms with Crippen molar-refractivity contribution >= 4 is 72.0 Å². The molecule has 7 heteroatoms. The Morgan fingerprint density at radius 1 is 0.576 bits per heavy atom. The van der Waals surface area contributed by atoms with Crippen LogP contribution in [-0.4, -0.2) is 28.4 Å². The lowest BCUT2D eigenvalue weighted by molar-refractivity contribution is 0.667. The Hall–Kier alpha value is -8.39. The number of benzene rings is 8. The molecule has 0 saturated carbocycles. The summed E-state index contributed by atoms with van der Waals surface area (Å²) in [6, 6.07) is 68.7. The van der Waals surface area contributed by atoms with E-state index in [-0.39, 0.29) is 0 Å². The molecule has 11 rings (SSSR count). The Labute approximate surface area is 387 Å². The van der Waals surface area contributed by atoms with Gasteiger partial charge in [-0.05, 0) is 71.8 Å². The number of aromatic nitrogens is 2. The molecule has 0 spiro atoms. The number of rotatable bonds is 8. The van der Waals surface area contributed by atoms with E-state index < -0.39 is 0 Å². The van der Waals surface area contributed by atoms with Gasteiger partial charge in [-0.3, -0.25) is 4.99 Å². The van der Waals surface area contributed by atoms with Crippen LogP contribution >= 0.6 is 11.3 Å². The van der Waals surface area contributed by atoms with E-state index in [1.165, 1.54) is 10.3 Å². The number of fused-ring (bicyclic) bond motifs is 6. The molecule has 0 unspecified atom stereocenters. The van der Waals surface area contributed by atoms with Gasteiger partial charge in [0.25, 0.3) is 0 Å². The van der Waals surface area contributed by atoms with E-state index in [2.05, 4.69) is 146 Å². The molecule has 0 atom stereocenters. The van der Waals surface area contributed by atoms with E-state index in [4.69, 9.17) is 24.4 Å². The van der Waals surface area contributed by atoms with Gasteiger partial charge in [-0.1, -0.05) is 176 Å². The number of hydrogen-bond donors (Lipinski definition) is 0. The highest BCUT2D eigenvalue weighted by molar-refractivity contribution is 7.26. The molecule has 0 aliphatic carbocycles. The number of amidine groups is 2. The first-order valence-corrected chi connectivity index (χ1v) is 22.6. The van der Waals surface area contributed by atoms with Crippen LogP contribution in [0.15, 0.2) is 232 Å². The van der Waals surface area contributed by atoms with Crippen LogP contribution in [0.4, 0.5) is 0 Å². The third-order valence-corrected chi connectivity index (χ3v) is 12.4. The van der Waals surface area contributed by atoms with Gasteiger partial charge in [0.2, 0.25) is 0 Å². The molecule has 0 aliphatic heterocycles. The largest absolute Gasteiger partial charge is 0.452 e. The van der Waals surface area contributed by atoms with Gasteiger partial charge in [0.05, 0.1) is 6.54 Å². The van der Waals surface area contributed by atoms with E-state index in [0.29, 0.717) is 29.6 Å². The van der Waals surface area contributed by atoms with Crippen molar-refractivity contribution in [3.05, 3.63) is 230 Å². The molecule has 0 saturated heterocycles. The topological polar surface area (TPSA) is 76.0 Å². The Kier molecular flexibility index (Phi) is 11.8. The molecule has 316 valence electrons. The quantitative estimate of drug-likeness (QED) is 0.0867. The number of nitrogens with zero attached hydrogens (tertiary/aromatic N) is 5. The first kappa shape index (κ1) is 41.6. The van der Waals surface area contributed by atoms with Gasteiger partial charge in [0.15, 0.2) is 23.1 Å². The van der Waals surface area contributed by atoms with E-state index in [1.807, 2.05) is 79.7 Å². The Morgan fingerprint density at radius 2 is 1.20 bits per heavy atom. The molecule has 0 amide bonds. The third-order valence-electron chi connectivity index (χ3n) is 11.3. The Bertz CT molecular complexity index is 3590. The molecule has 3 heterocycles. The van der Waals surface area contributed by atoms with Crippen molar-refractivity contribution in [1.29, 1.82) is 0 Å². The number of thiophene rings is 1. The minimum absolute atomic E-state index is 0.447. The van der Waals surface area contributed by atoms with Crippen molar-refractivity contribution in [3.8, 4) is 44.9 Å². The van der Waals surface area contributed by atoms with Gasteiger partial charge in [-0.2, -0.15) is 0 Å². The Balaban J connectivity index is 0.00000166. The van der Waals surface area contributed by atoms with Crippen LogP contribution in [0.25, 0.3) is 87.1 Å². The first-order chi connectivity index (χ1) is 32.6. The number of aliphatic imine (C=N–C) groups is 3. The maximum atomic E-state index is 6.33. The Morgan fingerprint density at radius 3 is 1.95 bits per heavy atom. The van der Waals surface area contributed by atoms with Gasteiger partial charge in [0.1, 0.15) is 16.8 Å². The molecular formula is C59H43N5OS. The molecule has 66 heavy (non-hydrogen) atoms. The minimum Gasteiger partial charge on any atom is -0.452 e. The lowest BCUT2D eigenvalue weighted by Gasteiger charge is -2.09.